The van der Waals surface area contributed by atoms with Gasteiger partial charge >= 0.3 is 0 Å². The van der Waals surface area contributed by atoms with E-state index in [9.17, 15) is 5.11 Å². The molecule has 1 unspecified atom stereocenters. The summed E-state index contributed by atoms with van der Waals surface area (Å²) in [6, 6.07) is 4.45. The van der Waals surface area contributed by atoms with Crippen LogP contribution in [0.15, 0.2) is 12.1 Å². The van der Waals surface area contributed by atoms with Gasteiger partial charge in [0, 0.05) is 0 Å². The Morgan fingerprint density at radius 3 is 2.13 bits per heavy atom. The van der Waals surface area contributed by atoms with Crippen LogP contribution in [0.3, 0.4) is 0 Å². The van der Waals surface area contributed by atoms with Crippen molar-refractivity contribution < 1.29 is 5.11 Å². The zero-order chi connectivity index (χ0) is 11.4. The maximum absolute atomic E-state index is 9.56. The minimum absolute atomic E-state index is 0.148. The fraction of sp³-hybridized carbons (Fsp3) is 0.571. The van der Waals surface area contributed by atoms with Gasteiger partial charge in [-0.3, -0.25) is 0 Å². The van der Waals surface area contributed by atoms with E-state index in [1.165, 1.54) is 22.3 Å². The van der Waals surface area contributed by atoms with E-state index in [2.05, 4.69) is 32.9 Å². The topological polar surface area (TPSA) is 20.2 Å². The Kier molecular flexibility index (Phi) is 4.34. The molecule has 0 aliphatic heterocycles. The molecule has 1 aromatic carbocycles. The normalized spacial score (nSPS) is 12.9. The summed E-state index contributed by atoms with van der Waals surface area (Å²) in [4.78, 5) is 0. The van der Waals surface area contributed by atoms with Gasteiger partial charge in [0.25, 0.3) is 0 Å². The van der Waals surface area contributed by atoms with Gasteiger partial charge in [0.1, 0.15) is 0 Å². The Morgan fingerprint density at radius 2 is 1.67 bits per heavy atom. The average molecular weight is 206 g/mol. The summed E-state index contributed by atoms with van der Waals surface area (Å²) in [5.41, 5.74) is 5.45. The van der Waals surface area contributed by atoms with E-state index in [0.717, 1.165) is 19.3 Å². The first-order chi connectivity index (χ1) is 7.04. The van der Waals surface area contributed by atoms with Crippen molar-refractivity contribution in [3.8, 4) is 0 Å². The second-order valence-electron chi connectivity index (χ2n) is 4.48. The molecule has 1 nitrogen and oxygen atoms in total. The Hall–Kier alpha value is -0.820. The van der Waals surface area contributed by atoms with Crippen molar-refractivity contribution in [1.29, 1.82) is 0 Å². The van der Waals surface area contributed by atoms with E-state index in [4.69, 9.17) is 0 Å². The van der Waals surface area contributed by atoms with Crippen LogP contribution in [-0.2, 0) is 6.42 Å². The molecule has 0 saturated heterocycles. The molecule has 1 rings (SSSR count). The molecule has 15 heavy (non-hydrogen) atoms. The second-order valence-corrected chi connectivity index (χ2v) is 4.48. The highest BCUT2D eigenvalue weighted by Crippen LogP contribution is 2.18. The van der Waals surface area contributed by atoms with Crippen LogP contribution in [0.1, 0.15) is 42.0 Å². The number of rotatable bonds is 4. The minimum Gasteiger partial charge on any atom is -0.393 e. The number of hydrogen-bond donors (Lipinski definition) is 1. The third-order valence-corrected chi connectivity index (χ3v) is 3.04. The monoisotopic (exact) mass is 206 g/mol. The zero-order valence-electron chi connectivity index (χ0n) is 10.3. The minimum atomic E-state index is -0.148. The Bertz CT molecular complexity index is 305. The molecular weight excluding hydrogens is 184 g/mol. The maximum atomic E-state index is 9.56. The molecule has 0 aromatic heterocycles. The molecule has 0 saturated carbocycles. The van der Waals surface area contributed by atoms with E-state index < -0.39 is 0 Å². The van der Waals surface area contributed by atoms with Gasteiger partial charge in [-0.15, -0.1) is 0 Å². The van der Waals surface area contributed by atoms with Crippen LogP contribution >= 0.6 is 0 Å². The highest BCUT2D eigenvalue weighted by Gasteiger charge is 2.06. The summed E-state index contributed by atoms with van der Waals surface area (Å²) in [5, 5.41) is 9.56. The predicted octanol–water partition coefficient (Wildman–Crippen LogP) is 3.32. The zero-order valence-corrected chi connectivity index (χ0v) is 10.3. The first-order valence-corrected chi connectivity index (χ1v) is 5.79. The Labute approximate surface area is 93.1 Å². The molecule has 1 atom stereocenters. The van der Waals surface area contributed by atoms with E-state index in [1.54, 1.807) is 0 Å². The lowest BCUT2D eigenvalue weighted by atomic mass is 9.95. The highest BCUT2D eigenvalue weighted by atomic mass is 16.3. The average Bonchev–Trinajstić information content (AvgIpc) is 2.15. The standard InChI is InChI=1S/C14H22O/c1-5-13(15)6-7-14-11(3)8-10(2)9-12(14)4/h8-9,13,15H,5-7H2,1-4H3. The van der Waals surface area contributed by atoms with Gasteiger partial charge in [0.15, 0.2) is 0 Å². The van der Waals surface area contributed by atoms with Crippen molar-refractivity contribution in [1.82, 2.24) is 0 Å². The molecule has 0 fully saturated rings. The van der Waals surface area contributed by atoms with E-state index in [1.807, 2.05) is 6.92 Å². The number of aryl methyl sites for hydroxylation is 3. The van der Waals surface area contributed by atoms with Crippen LogP contribution in [0.25, 0.3) is 0 Å². The van der Waals surface area contributed by atoms with Crippen LogP contribution in [-0.4, -0.2) is 11.2 Å². The van der Waals surface area contributed by atoms with Gasteiger partial charge in [-0.05, 0) is 56.7 Å². The number of aliphatic hydroxyl groups excluding tert-OH is 1. The molecule has 84 valence electrons. The molecular formula is C14H22O. The summed E-state index contributed by atoms with van der Waals surface area (Å²) in [7, 11) is 0. The van der Waals surface area contributed by atoms with Crippen molar-refractivity contribution in [3.05, 3.63) is 34.4 Å². The Morgan fingerprint density at radius 1 is 1.13 bits per heavy atom. The van der Waals surface area contributed by atoms with Gasteiger partial charge in [-0.1, -0.05) is 24.6 Å². The molecule has 0 bridgehead atoms. The SMILES string of the molecule is CCC(O)CCc1c(C)cc(C)cc1C. The van der Waals surface area contributed by atoms with Crippen molar-refractivity contribution >= 4 is 0 Å². The van der Waals surface area contributed by atoms with Crippen LogP contribution in [0.4, 0.5) is 0 Å². The molecule has 1 heteroatoms. The molecule has 1 N–H and O–H groups in total. The maximum Gasteiger partial charge on any atom is 0.0540 e. The third-order valence-electron chi connectivity index (χ3n) is 3.04. The summed E-state index contributed by atoms with van der Waals surface area (Å²) in [5.74, 6) is 0. The second kappa shape index (κ2) is 5.32. The number of aliphatic hydroxyl groups is 1. The fourth-order valence-corrected chi connectivity index (χ4v) is 2.12. The smallest absolute Gasteiger partial charge is 0.0540 e. The molecule has 0 aliphatic rings. The van der Waals surface area contributed by atoms with Crippen LogP contribution in [0, 0.1) is 20.8 Å². The summed E-state index contributed by atoms with van der Waals surface area (Å²) < 4.78 is 0. The molecule has 0 heterocycles. The van der Waals surface area contributed by atoms with Gasteiger partial charge in [-0.2, -0.15) is 0 Å². The highest BCUT2D eigenvalue weighted by molar-refractivity contribution is 5.37. The fourth-order valence-electron chi connectivity index (χ4n) is 2.12. The van der Waals surface area contributed by atoms with E-state index in [0.29, 0.717) is 0 Å². The Balaban J connectivity index is 2.77. The molecule has 0 spiro atoms. The number of benzene rings is 1. The van der Waals surface area contributed by atoms with Gasteiger partial charge in [-0.25, -0.2) is 0 Å². The van der Waals surface area contributed by atoms with E-state index in [-0.39, 0.29) is 6.10 Å². The quantitative estimate of drug-likeness (QED) is 0.801. The molecule has 1 aromatic rings. The van der Waals surface area contributed by atoms with Crippen LogP contribution in [0.2, 0.25) is 0 Å². The molecule has 0 amide bonds. The van der Waals surface area contributed by atoms with Crippen LogP contribution in [0.5, 0.6) is 0 Å². The van der Waals surface area contributed by atoms with Crippen molar-refractivity contribution in [3.63, 3.8) is 0 Å². The largest absolute Gasteiger partial charge is 0.393 e. The summed E-state index contributed by atoms with van der Waals surface area (Å²) in [6.45, 7) is 8.48. The third kappa shape index (κ3) is 3.35. The lowest BCUT2D eigenvalue weighted by molar-refractivity contribution is 0.160. The first-order valence-electron chi connectivity index (χ1n) is 5.79. The van der Waals surface area contributed by atoms with Gasteiger partial charge in [0.05, 0.1) is 6.10 Å². The number of hydrogen-bond acceptors (Lipinski definition) is 1. The van der Waals surface area contributed by atoms with Crippen LogP contribution < -0.4 is 0 Å². The van der Waals surface area contributed by atoms with Gasteiger partial charge < -0.3 is 5.11 Å². The molecule has 0 radical (unpaired) electrons. The van der Waals surface area contributed by atoms with Gasteiger partial charge in [0.2, 0.25) is 0 Å². The van der Waals surface area contributed by atoms with E-state index >= 15 is 0 Å². The van der Waals surface area contributed by atoms with Crippen molar-refractivity contribution in [2.75, 3.05) is 0 Å². The summed E-state index contributed by atoms with van der Waals surface area (Å²) in [6.07, 6.45) is 2.57. The summed E-state index contributed by atoms with van der Waals surface area (Å²) >= 11 is 0. The first kappa shape index (κ1) is 12.3. The van der Waals surface area contributed by atoms with Crippen molar-refractivity contribution in [2.45, 2.75) is 53.1 Å². The predicted molar refractivity (Wildman–Crippen MR) is 65.3 cm³/mol. The van der Waals surface area contributed by atoms with Crippen molar-refractivity contribution in [2.24, 2.45) is 0 Å². The molecule has 0 aliphatic carbocycles. The lowest BCUT2D eigenvalue weighted by Crippen LogP contribution is -2.07. The lowest BCUT2D eigenvalue weighted by Gasteiger charge is -2.13.